The maximum absolute atomic E-state index is 2.40. The molecule has 7 aromatic rings. The van der Waals surface area contributed by atoms with E-state index in [0.29, 0.717) is 0 Å². The number of benzene rings is 7. The summed E-state index contributed by atoms with van der Waals surface area (Å²) in [6.45, 7) is 9.02. The van der Waals surface area contributed by atoms with Crippen LogP contribution in [0.3, 0.4) is 0 Å². The molecule has 0 atom stereocenters. The monoisotopic (exact) mass is 658 g/mol. The quantitative estimate of drug-likeness (QED) is 0.150. The second-order valence-corrected chi connectivity index (χ2v) is 14.1. The van der Waals surface area contributed by atoms with Gasteiger partial charge in [-0.3, -0.25) is 0 Å². The van der Waals surface area contributed by atoms with Crippen LogP contribution in [-0.2, 0) is 5.41 Å². The third-order valence-electron chi connectivity index (χ3n) is 10.1. The van der Waals surface area contributed by atoms with Crippen molar-refractivity contribution in [1.82, 2.24) is 0 Å². The topological polar surface area (TPSA) is 6.48 Å². The molecular formula is C49H42N2. The Morgan fingerprint density at radius 1 is 0.373 bits per heavy atom. The van der Waals surface area contributed by atoms with Gasteiger partial charge < -0.3 is 9.80 Å². The van der Waals surface area contributed by atoms with Crippen LogP contribution in [0.25, 0.3) is 23.3 Å². The Labute approximate surface area is 302 Å². The predicted molar refractivity (Wildman–Crippen MR) is 218 cm³/mol. The van der Waals surface area contributed by atoms with Gasteiger partial charge >= 0.3 is 0 Å². The SMILES string of the molecule is Cc1cccc(N(c2ccccc2)c2ccc(/C=C/c3ccc4c(c3)C(C)(C)c3cc(N(c5ccccc5)c5cccc(C)c5)ccc3-4)cc2)c1. The number of anilines is 6. The van der Waals surface area contributed by atoms with Gasteiger partial charge in [-0.2, -0.15) is 0 Å². The highest BCUT2D eigenvalue weighted by molar-refractivity contribution is 5.87. The number of fused-ring (bicyclic) bond motifs is 3. The molecular weight excluding hydrogens is 617 g/mol. The van der Waals surface area contributed by atoms with E-state index in [1.807, 2.05) is 0 Å². The van der Waals surface area contributed by atoms with E-state index in [9.17, 15) is 0 Å². The summed E-state index contributed by atoms with van der Waals surface area (Å²) in [6, 6.07) is 61.4. The first-order valence-electron chi connectivity index (χ1n) is 17.8. The third kappa shape index (κ3) is 6.26. The number of aryl methyl sites for hydroxylation is 2. The van der Waals surface area contributed by atoms with Crippen LogP contribution in [-0.4, -0.2) is 0 Å². The van der Waals surface area contributed by atoms with Crippen LogP contribution in [0.2, 0.25) is 0 Å². The molecule has 248 valence electrons. The molecule has 1 aliphatic carbocycles. The van der Waals surface area contributed by atoms with Crippen molar-refractivity contribution in [3.63, 3.8) is 0 Å². The Kier molecular flexibility index (Phi) is 8.37. The Balaban J connectivity index is 1.08. The largest absolute Gasteiger partial charge is 0.310 e. The second-order valence-electron chi connectivity index (χ2n) is 14.1. The van der Waals surface area contributed by atoms with Gasteiger partial charge in [-0.1, -0.05) is 123 Å². The van der Waals surface area contributed by atoms with Crippen molar-refractivity contribution < 1.29 is 0 Å². The lowest BCUT2D eigenvalue weighted by Crippen LogP contribution is -2.16. The van der Waals surface area contributed by atoms with Crippen LogP contribution in [0, 0.1) is 13.8 Å². The molecule has 0 N–H and O–H groups in total. The molecule has 0 bridgehead atoms. The molecule has 2 heteroatoms. The highest BCUT2D eigenvalue weighted by Gasteiger charge is 2.36. The summed E-state index contributed by atoms with van der Waals surface area (Å²) in [4.78, 5) is 4.68. The van der Waals surface area contributed by atoms with Crippen molar-refractivity contribution in [2.24, 2.45) is 0 Å². The van der Waals surface area contributed by atoms with Crippen LogP contribution >= 0.6 is 0 Å². The van der Waals surface area contributed by atoms with E-state index in [-0.39, 0.29) is 5.41 Å². The van der Waals surface area contributed by atoms with Gasteiger partial charge in [0.25, 0.3) is 0 Å². The first-order chi connectivity index (χ1) is 24.8. The minimum atomic E-state index is -0.141. The van der Waals surface area contributed by atoms with Crippen LogP contribution in [0.1, 0.15) is 47.2 Å². The lowest BCUT2D eigenvalue weighted by molar-refractivity contribution is 0.660. The minimum absolute atomic E-state index is 0.141. The van der Waals surface area contributed by atoms with E-state index in [2.05, 4.69) is 220 Å². The molecule has 0 amide bonds. The van der Waals surface area contributed by atoms with Gasteiger partial charge in [0.2, 0.25) is 0 Å². The highest BCUT2D eigenvalue weighted by Crippen LogP contribution is 2.51. The molecule has 51 heavy (non-hydrogen) atoms. The summed E-state index contributed by atoms with van der Waals surface area (Å²) in [5, 5.41) is 0. The Morgan fingerprint density at radius 2 is 0.784 bits per heavy atom. The van der Waals surface area contributed by atoms with E-state index in [0.717, 1.165) is 28.4 Å². The predicted octanol–water partition coefficient (Wildman–Crippen LogP) is 13.7. The van der Waals surface area contributed by atoms with Gasteiger partial charge in [0, 0.05) is 39.5 Å². The Morgan fingerprint density at radius 3 is 1.35 bits per heavy atom. The molecule has 0 saturated carbocycles. The molecule has 0 heterocycles. The van der Waals surface area contributed by atoms with Gasteiger partial charge in [-0.15, -0.1) is 0 Å². The standard InChI is InChI=1S/C49H42N2/c1-35-13-11-19-42(31-35)50(39-15-7-5-8-16-39)41-26-23-37(24-27-41)21-22-38-25-29-45-46-30-28-44(34-48(46)49(3,4)47(45)33-38)51(40-17-9-6-10-18-40)43-20-12-14-36(2)32-43/h5-34H,1-4H3/b22-21+. The van der Waals surface area contributed by atoms with Crippen LogP contribution in [0.4, 0.5) is 34.1 Å². The molecule has 0 fully saturated rings. The number of hydrogen-bond acceptors (Lipinski definition) is 2. The molecule has 8 rings (SSSR count). The van der Waals surface area contributed by atoms with Crippen LogP contribution in [0.5, 0.6) is 0 Å². The number of para-hydroxylation sites is 2. The van der Waals surface area contributed by atoms with Crippen molar-refractivity contribution in [1.29, 1.82) is 0 Å². The van der Waals surface area contributed by atoms with Gasteiger partial charge in [-0.05, 0) is 131 Å². The van der Waals surface area contributed by atoms with E-state index < -0.39 is 0 Å². The molecule has 0 aliphatic heterocycles. The summed E-state index contributed by atoms with van der Waals surface area (Å²) in [7, 11) is 0. The first kappa shape index (κ1) is 32.1. The Hall–Kier alpha value is -6.12. The van der Waals surface area contributed by atoms with E-state index in [1.54, 1.807) is 0 Å². The Bertz CT molecular complexity index is 2350. The number of nitrogens with zero attached hydrogens (tertiary/aromatic N) is 2. The molecule has 2 nitrogen and oxygen atoms in total. The summed E-state index contributed by atoms with van der Waals surface area (Å²) in [5.74, 6) is 0. The third-order valence-corrected chi connectivity index (χ3v) is 10.1. The van der Waals surface area contributed by atoms with Crippen LogP contribution in [0.15, 0.2) is 170 Å². The molecule has 0 spiro atoms. The van der Waals surface area contributed by atoms with Crippen molar-refractivity contribution in [2.45, 2.75) is 33.1 Å². The molecule has 0 radical (unpaired) electrons. The number of rotatable bonds is 8. The summed E-state index contributed by atoms with van der Waals surface area (Å²) >= 11 is 0. The zero-order chi connectivity index (χ0) is 35.0. The van der Waals surface area contributed by atoms with Crippen molar-refractivity contribution >= 4 is 46.3 Å². The fourth-order valence-corrected chi connectivity index (χ4v) is 7.50. The molecule has 0 aromatic heterocycles. The minimum Gasteiger partial charge on any atom is -0.310 e. The fourth-order valence-electron chi connectivity index (χ4n) is 7.50. The van der Waals surface area contributed by atoms with Gasteiger partial charge in [0.1, 0.15) is 0 Å². The lowest BCUT2D eigenvalue weighted by atomic mass is 9.81. The molecule has 1 aliphatic rings. The number of hydrogen-bond donors (Lipinski definition) is 0. The molecule has 7 aromatic carbocycles. The van der Waals surface area contributed by atoms with Crippen molar-refractivity contribution in [3.8, 4) is 11.1 Å². The normalized spacial score (nSPS) is 12.8. The van der Waals surface area contributed by atoms with Gasteiger partial charge in [0.15, 0.2) is 0 Å². The zero-order valence-electron chi connectivity index (χ0n) is 29.7. The van der Waals surface area contributed by atoms with Gasteiger partial charge in [0.05, 0.1) is 0 Å². The maximum atomic E-state index is 2.40. The summed E-state index contributed by atoms with van der Waals surface area (Å²) in [5.41, 5.74) is 17.0. The van der Waals surface area contributed by atoms with E-state index in [1.165, 1.54) is 50.2 Å². The maximum Gasteiger partial charge on any atom is 0.0465 e. The average molecular weight is 659 g/mol. The van der Waals surface area contributed by atoms with Crippen LogP contribution < -0.4 is 9.80 Å². The highest BCUT2D eigenvalue weighted by atomic mass is 15.1. The summed E-state index contributed by atoms with van der Waals surface area (Å²) < 4.78 is 0. The fraction of sp³-hybridized carbons (Fsp3) is 0.102. The van der Waals surface area contributed by atoms with E-state index in [4.69, 9.17) is 0 Å². The lowest BCUT2D eigenvalue weighted by Gasteiger charge is -2.28. The molecule has 0 saturated heterocycles. The smallest absolute Gasteiger partial charge is 0.0465 e. The van der Waals surface area contributed by atoms with Crippen molar-refractivity contribution in [2.75, 3.05) is 9.80 Å². The first-order valence-corrected chi connectivity index (χ1v) is 17.8. The zero-order valence-corrected chi connectivity index (χ0v) is 29.7. The second kappa shape index (κ2) is 13.3. The average Bonchev–Trinajstić information content (AvgIpc) is 3.37. The van der Waals surface area contributed by atoms with E-state index >= 15 is 0 Å². The van der Waals surface area contributed by atoms with Gasteiger partial charge in [-0.25, -0.2) is 0 Å². The molecule has 0 unspecified atom stereocenters. The van der Waals surface area contributed by atoms with Crippen molar-refractivity contribution in [3.05, 3.63) is 203 Å². The summed E-state index contributed by atoms with van der Waals surface area (Å²) in [6.07, 6.45) is 4.46.